The van der Waals surface area contributed by atoms with E-state index in [0.717, 1.165) is 4.88 Å². The molecule has 1 fully saturated rings. The number of rotatable bonds is 3. The first-order chi connectivity index (χ1) is 9.94. The molecule has 1 N–H and O–H groups in total. The first-order valence-electron chi connectivity index (χ1n) is 6.47. The van der Waals surface area contributed by atoms with E-state index in [4.69, 9.17) is 4.42 Å². The minimum Gasteiger partial charge on any atom is -0.462 e. The lowest BCUT2D eigenvalue weighted by Gasteiger charge is -2.09. The molecule has 0 saturated carbocycles. The van der Waals surface area contributed by atoms with Crippen LogP contribution in [-0.2, 0) is 9.84 Å². The Bertz CT molecular complexity index is 762. The Morgan fingerprint density at radius 1 is 1.52 bits per heavy atom. The van der Waals surface area contributed by atoms with E-state index in [1.807, 2.05) is 6.92 Å². The van der Waals surface area contributed by atoms with E-state index in [9.17, 15) is 13.2 Å². The average molecular weight is 326 g/mol. The van der Waals surface area contributed by atoms with Gasteiger partial charge in [0.1, 0.15) is 5.69 Å². The highest BCUT2D eigenvalue weighted by atomic mass is 32.2. The summed E-state index contributed by atoms with van der Waals surface area (Å²) in [6.07, 6.45) is 2.01. The minimum atomic E-state index is -3.01. The van der Waals surface area contributed by atoms with Crippen molar-refractivity contribution in [2.75, 3.05) is 11.5 Å². The first-order valence-corrected chi connectivity index (χ1v) is 9.11. The van der Waals surface area contributed by atoms with Gasteiger partial charge in [-0.25, -0.2) is 13.4 Å². The number of carbonyl (C=O) groups is 1. The van der Waals surface area contributed by atoms with Gasteiger partial charge in [-0.3, -0.25) is 4.79 Å². The normalized spacial score (nSPS) is 20.5. The fourth-order valence-corrected chi connectivity index (χ4v) is 4.83. The van der Waals surface area contributed by atoms with Gasteiger partial charge in [0, 0.05) is 10.9 Å². The zero-order valence-electron chi connectivity index (χ0n) is 11.3. The number of aromatic nitrogens is 1. The Hall–Kier alpha value is -1.67. The molecular weight excluding hydrogens is 312 g/mol. The maximum atomic E-state index is 12.2. The lowest BCUT2D eigenvalue weighted by atomic mass is 10.2. The lowest BCUT2D eigenvalue weighted by Crippen LogP contribution is -2.36. The van der Waals surface area contributed by atoms with Crippen LogP contribution >= 0.6 is 11.3 Å². The summed E-state index contributed by atoms with van der Waals surface area (Å²) in [7, 11) is -3.01. The molecule has 2 aromatic rings. The third kappa shape index (κ3) is 3.01. The summed E-state index contributed by atoms with van der Waals surface area (Å²) in [4.78, 5) is 17.3. The Balaban J connectivity index is 1.76. The van der Waals surface area contributed by atoms with E-state index < -0.39 is 9.84 Å². The van der Waals surface area contributed by atoms with Gasteiger partial charge in [-0.15, -0.1) is 11.3 Å². The molecule has 1 unspecified atom stereocenters. The Kier molecular flexibility index (Phi) is 3.58. The van der Waals surface area contributed by atoms with Gasteiger partial charge in [0.2, 0.25) is 0 Å². The molecule has 8 heteroatoms. The Morgan fingerprint density at radius 2 is 2.33 bits per heavy atom. The van der Waals surface area contributed by atoms with Gasteiger partial charge in [0.05, 0.1) is 17.8 Å². The third-order valence-electron chi connectivity index (χ3n) is 3.31. The van der Waals surface area contributed by atoms with Crippen molar-refractivity contribution in [2.24, 2.45) is 0 Å². The van der Waals surface area contributed by atoms with Crippen LogP contribution in [0.15, 0.2) is 22.8 Å². The number of nitrogens with zero attached hydrogens (tertiary/aromatic N) is 1. The zero-order valence-corrected chi connectivity index (χ0v) is 13.0. The highest BCUT2D eigenvalue weighted by Gasteiger charge is 2.30. The number of amides is 1. The molecule has 1 aliphatic heterocycles. The second-order valence-corrected chi connectivity index (χ2v) is 8.41. The summed E-state index contributed by atoms with van der Waals surface area (Å²) in [6.45, 7) is 1.81. The van der Waals surface area contributed by atoms with Crippen LogP contribution < -0.4 is 5.32 Å². The predicted molar refractivity (Wildman–Crippen MR) is 79.1 cm³/mol. The highest BCUT2D eigenvalue weighted by Crippen LogP contribution is 2.28. The van der Waals surface area contributed by atoms with E-state index in [-0.39, 0.29) is 23.5 Å². The number of sulfone groups is 1. The maximum Gasteiger partial charge on any atom is 0.271 e. The van der Waals surface area contributed by atoms with Crippen LogP contribution in [-0.4, -0.2) is 36.9 Å². The predicted octanol–water partition coefficient (Wildman–Crippen LogP) is 1.63. The monoisotopic (exact) mass is 326 g/mol. The maximum absolute atomic E-state index is 12.2. The van der Waals surface area contributed by atoms with Gasteiger partial charge in [-0.05, 0) is 25.5 Å². The van der Waals surface area contributed by atoms with E-state index in [1.165, 1.54) is 11.3 Å². The second-order valence-electron chi connectivity index (χ2n) is 4.97. The summed E-state index contributed by atoms with van der Waals surface area (Å²) in [6, 6.07) is 3.22. The lowest BCUT2D eigenvalue weighted by molar-refractivity contribution is 0.0936. The van der Waals surface area contributed by atoms with Crippen LogP contribution in [0.1, 0.15) is 21.8 Å². The van der Waals surface area contributed by atoms with Crippen molar-refractivity contribution in [2.45, 2.75) is 19.4 Å². The van der Waals surface area contributed by atoms with Crippen molar-refractivity contribution in [3.05, 3.63) is 29.0 Å². The molecule has 1 aliphatic rings. The van der Waals surface area contributed by atoms with E-state index in [2.05, 4.69) is 10.3 Å². The number of hydrogen-bond donors (Lipinski definition) is 1. The standard InChI is InChI=1S/C13H14N2O4S2/c1-8-11(15-13(20-8)10-3-2-5-19-10)12(16)14-9-4-6-21(17,18)7-9/h2-3,5,9H,4,6-7H2,1H3,(H,14,16). The summed E-state index contributed by atoms with van der Waals surface area (Å²) >= 11 is 1.37. The molecule has 2 aromatic heterocycles. The molecule has 21 heavy (non-hydrogen) atoms. The van der Waals surface area contributed by atoms with Gasteiger partial charge < -0.3 is 9.73 Å². The number of carbonyl (C=O) groups excluding carboxylic acids is 1. The molecule has 0 bridgehead atoms. The van der Waals surface area contributed by atoms with E-state index in [1.54, 1.807) is 18.4 Å². The van der Waals surface area contributed by atoms with Gasteiger partial charge in [-0.2, -0.15) is 0 Å². The number of aryl methyl sites for hydroxylation is 1. The smallest absolute Gasteiger partial charge is 0.271 e. The van der Waals surface area contributed by atoms with Crippen molar-refractivity contribution in [3.8, 4) is 10.8 Å². The molecule has 0 spiro atoms. The van der Waals surface area contributed by atoms with E-state index in [0.29, 0.717) is 22.9 Å². The second kappa shape index (κ2) is 5.27. The molecule has 0 aliphatic carbocycles. The van der Waals surface area contributed by atoms with Gasteiger partial charge >= 0.3 is 0 Å². The van der Waals surface area contributed by atoms with Crippen LogP contribution in [0, 0.1) is 6.92 Å². The van der Waals surface area contributed by atoms with Crippen molar-refractivity contribution >= 4 is 27.1 Å². The van der Waals surface area contributed by atoms with Gasteiger partial charge in [0.25, 0.3) is 5.91 Å². The molecule has 1 atom stereocenters. The van der Waals surface area contributed by atoms with Crippen LogP contribution in [0.25, 0.3) is 10.8 Å². The van der Waals surface area contributed by atoms with Crippen molar-refractivity contribution < 1.29 is 17.6 Å². The number of thiazole rings is 1. The molecule has 112 valence electrons. The summed E-state index contributed by atoms with van der Waals surface area (Å²) in [5, 5.41) is 3.39. The SMILES string of the molecule is Cc1sc(-c2ccco2)nc1C(=O)NC1CCS(=O)(=O)C1. The molecule has 0 aromatic carbocycles. The summed E-state index contributed by atoms with van der Waals surface area (Å²) in [5.41, 5.74) is 0.329. The topological polar surface area (TPSA) is 89.3 Å². The third-order valence-corrected chi connectivity index (χ3v) is 6.06. The largest absolute Gasteiger partial charge is 0.462 e. The minimum absolute atomic E-state index is 0.00691. The highest BCUT2D eigenvalue weighted by molar-refractivity contribution is 7.91. The van der Waals surface area contributed by atoms with Crippen molar-refractivity contribution in [1.82, 2.24) is 10.3 Å². The average Bonchev–Trinajstić information content (AvgIpc) is 3.09. The van der Waals surface area contributed by atoms with Crippen LogP contribution in [0.3, 0.4) is 0 Å². The number of nitrogens with one attached hydrogen (secondary N) is 1. The zero-order chi connectivity index (χ0) is 15.0. The fourth-order valence-electron chi connectivity index (χ4n) is 2.28. The molecule has 3 rings (SSSR count). The molecule has 0 radical (unpaired) electrons. The van der Waals surface area contributed by atoms with Crippen molar-refractivity contribution in [1.29, 1.82) is 0 Å². The Labute approximate surface area is 126 Å². The van der Waals surface area contributed by atoms with Crippen LogP contribution in [0.4, 0.5) is 0 Å². The molecular formula is C13H14N2O4S2. The molecule has 3 heterocycles. The van der Waals surface area contributed by atoms with Crippen LogP contribution in [0.5, 0.6) is 0 Å². The Morgan fingerprint density at radius 3 is 2.95 bits per heavy atom. The summed E-state index contributed by atoms with van der Waals surface area (Å²) in [5.74, 6) is 0.424. The van der Waals surface area contributed by atoms with E-state index >= 15 is 0 Å². The quantitative estimate of drug-likeness (QED) is 0.926. The van der Waals surface area contributed by atoms with Crippen LogP contribution in [0.2, 0.25) is 0 Å². The molecule has 1 saturated heterocycles. The first kappa shape index (κ1) is 14.3. The molecule has 1 amide bonds. The molecule has 6 nitrogen and oxygen atoms in total. The van der Waals surface area contributed by atoms with Gasteiger partial charge in [0.15, 0.2) is 20.6 Å². The van der Waals surface area contributed by atoms with Crippen molar-refractivity contribution in [3.63, 3.8) is 0 Å². The number of furan rings is 1. The number of hydrogen-bond acceptors (Lipinski definition) is 6. The van der Waals surface area contributed by atoms with Gasteiger partial charge in [-0.1, -0.05) is 0 Å². The summed E-state index contributed by atoms with van der Waals surface area (Å²) < 4.78 is 28.1. The fraction of sp³-hybridized carbons (Fsp3) is 0.385.